The normalized spacial score (nSPS) is 12.9. The fourth-order valence-corrected chi connectivity index (χ4v) is 4.07. The number of benzene rings is 1. The van der Waals surface area contributed by atoms with Crippen LogP contribution in [0.4, 0.5) is 5.69 Å². The molecule has 10 heteroatoms. The van der Waals surface area contributed by atoms with Gasteiger partial charge in [0, 0.05) is 17.1 Å². The van der Waals surface area contributed by atoms with Crippen molar-refractivity contribution in [2.75, 3.05) is 4.90 Å². The first kappa shape index (κ1) is 27.4. The molecule has 2 aromatic heterocycles. The van der Waals surface area contributed by atoms with Crippen LogP contribution in [-0.2, 0) is 21.7 Å². The van der Waals surface area contributed by atoms with Crippen molar-refractivity contribution in [1.29, 1.82) is 0 Å². The molecular formula is C26H30ClN5O3S. The highest BCUT2D eigenvalue weighted by atomic mass is 35.5. The van der Waals surface area contributed by atoms with Crippen LogP contribution in [0.25, 0.3) is 11.3 Å². The molecule has 0 bridgehead atoms. The number of nitrogens with zero attached hydrogens (tertiary/aromatic N) is 5. The molecule has 1 amide bonds. The molecule has 0 aliphatic carbocycles. The molecule has 0 saturated heterocycles. The van der Waals surface area contributed by atoms with Crippen molar-refractivity contribution in [2.45, 2.75) is 60.7 Å². The Morgan fingerprint density at radius 1 is 1.22 bits per heavy atom. The molecule has 3 aromatic rings. The quantitative estimate of drug-likeness (QED) is 0.172. The predicted molar refractivity (Wildman–Crippen MR) is 144 cm³/mol. The molecule has 0 saturated carbocycles. The Bertz CT molecular complexity index is 1320. The number of hydrogen-bond donors (Lipinski definition) is 1. The Hall–Kier alpha value is -3.14. The molecule has 0 radical (unpaired) electrons. The lowest BCUT2D eigenvalue weighted by Gasteiger charge is -2.21. The van der Waals surface area contributed by atoms with E-state index in [1.165, 1.54) is 16.2 Å². The number of amidine groups is 1. The number of aliphatic imine (C=N–C) groups is 1. The monoisotopic (exact) mass is 527 g/mol. The van der Waals surface area contributed by atoms with Crippen molar-refractivity contribution < 1.29 is 14.6 Å². The van der Waals surface area contributed by atoms with Crippen LogP contribution in [-0.4, -0.2) is 32.3 Å². The summed E-state index contributed by atoms with van der Waals surface area (Å²) in [6.45, 7) is 12.6. The van der Waals surface area contributed by atoms with Crippen molar-refractivity contribution in [3.8, 4) is 11.3 Å². The maximum Gasteiger partial charge on any atom is 0.230 e. The van der Waals surface area contributed by atoms with E-state index < -0.39 is 5.60 Å². The van der Waals surface area contributed by atoms with E-state index in [1.807, 2.05) is 44.4 Å². The van der Waals surface area contributed by atoms with E-state index in [9.17, 15) is 9.90 Å². The number of carbonyl (C=O) groups excluding carboxylic acids is 1. The molecule has 1 N–H and O–H groups in total. The van der Waals surface area contributed by atoms with Gasteiger partial charge in [-0.15, -0.1) is 11.3 Å². The molecule has 8 nitrogen and oxygen atoms in total. The number of ether oxygens (including phenoxy) is 1. The van der Waals surface area contributed by atoms with Gasteiger partial charge in [-0.05, 0) is 65.7 Å². The highest BCUT2D eigenvalue weighted by molar-refractivity contribution is 7.09. The van der Waals surface area contributed by atoms with E-state index in [0.29, 0.717) is 34.5 Å². The SMILES string of the molecule is C/C(=N/C(OCc1csc(C)n1)=C(\C)Cl)N(C=O)c1cc(-c2nc(C(C)(C)O)ncc2C)ccc1C. The second-order valence-corrected chi connectivity index (χ2v) is 10.5. The summed E-state index contributed by atoms with van der Waals surface area (Å²) in [7, 11) is 0. The molecule has 0 spiro atoms. The van der Waals surface area contributed by atoms with Gasteiger partial charge in [-0.2, -0.15) is 4.99 Å². The summed E-state index contributed by atoms with van der Waals surface area (Å²) < 4.78 is 5.81. The number of aliphatic hydroxyl groups is 1. The average molecular weight is 528 g/mol. The Morgan fingerprint density at radius 3 is 2.53 bits per heavy atom. The van der Waals surface area contributed by atoms with Crippen molar-refractivity contribution in [2.24, 2.45) is 4.99 Å². The zero-order valence-corrected chi connectivity index (χ0v) is 23.0. The standard InChI is InChI=1S/C26H30ClN5O3S/c1-15-8-9-20(23-16(2)11-28-25(31-23)26(6,7)34)10-22(15)32(14-33)18(4)29-24(17(3)27)35-12-21-13-36-19(5)30-21/h8-11,13-14,34H,12H2,1-7H3/b24-17-,29-18-. The van der Waals surface area contributed by atoms with Gasteiger partial charge in [0.15, 0.2) is 5.82 Å². The predicted octanol–water partition coefficient (Wildman–Crippen LogP) is 5.78. The van der Waals surface area contributed by atoms with E-state index in [4.69, 9.17) is 16.3 Å². The van der Waals surface area contributed by atoms with Gasteiger partial charge < -0.3 is 9.84 Å². The molecule has 0 fully saturated rings. The molecule has 0 aliphatic heterocycles. The summed E-state index contributed by atoms with van der Waals surface area (Å²) in [5, 5.41) is 13.6. The number of aryl methyl sites for hydroxylation is 3. The van der Waals surface area contributed by atoms with Crippen LogP contribution < -0.4 is 4.90 Å². The van der Waals surface area contributed by atoms with Crippen LogP contribution in [0.5, 0.6) is 0 Å². The Morgan fingerprint density at radius 2 is 1.94 bits per heavy atom. The number of aromatic nitrogens is 3. The summed E-state index contributed by atoms with van der Waals surface area (Å²) in [4.78, 5) is 31.4. The summed E-state index contributed by atoms with van der Waals surface area (Å²) in [5.74, 6) is 0.906. The first-order chi connectivity index (χ1) is 16.9. The van der Waals surface area contributed by atoms with Gasteiger partial charge in [0.05, 0.1) is 27.1 Å². The fraction of sp³-hybridized carbons (Fsp3) is 0.346. The summed E-state index contributed by atoms with van der Waals surface area (Å²) in [6, 6.07) is 5.69. The van der Waals surface area contributed by atoms with Gasteiger partial charge in [-0.25, -0.2) is 15.0 Å². The van der Waals surface area contributed by atoms with Gasteiger partial charge in [0.1, 0.15) is 18.0 Å². The third-order valence-electron chi connectivity index (χ3n) is 5.30. The van der Waals surface area contributed by atoms with Crippen LogP contribution in [0.3, 0.4) is 0 Å². The molecule has 0 unspecified atom stereocenters. The van der Waals surface area contributed by atoms with Gasteiger partial charge in [-0.3, -0.25) is 9.69 Å². The lowest BCUT2D eigenvalue weighted by atomic mass is 10.0. The molecule has 36 heavy (non-hydrogen) atoms. The van der Waals surface area contributed by atoms with E-state index in [2.05, 4.69) is 19.9 Å². The van der Waals surface area contributed by atoms with Crippen LogP contribution in [0.2, 0.25) is 0 Å². The lowest BCUT2D eigenvalue weighted by Crippen LogP contribution is -2.28. The van der Waals surface area contributed by atoms with Crippen LogP contribution in [0.15, 0.2) is 45.7 Å². The lowest BCUT2D eigenvalue weighted by molar-refractivity contribution is -0.106. The third-order valence-corrected chi connectivity index (χ3v) is 6.28. The zero-order chi connectivity index (χ0) is 26.6. The first-order valence-electron chi connectivity index (χ1n) is 11.3. The fourth-order valence-electron chi connectivity index (χ4n) is 3.38. The number of rotatable bonds is 8. The smallest absolute Gasteiger partial charge is 0.230 e. The van der Waals surface area contributed by atoms with Crippen molar-refractivity contribution >= 4 is 40.9 Å². The molecule has 190 valence electrons. The number of amides is 1. The second-order valence-electron chi connectivity index (χ2n) is 8.91. The maximum absolute atomic E-state index is 12.2. The highest BCUT2D eigenvalue weighted by Gasteiger charge is 2.22. The van der Waals surface area contributed by atoms with E-state index in [1.54, 1.807) is 33.9 Å². The summed E-state index contributed by atoms with van der Waals surface area (Å²) in [5.41, 5.74) is 3.38. The molecular weight excluding hydrogens is 498 g/mol. The molecule has 3 rings (SSSR count). The van der Waals surface area contributed by atoms with Gasteiger partial charge in [0.25, 0.3) is 0 Å². The zero-order valence-electron chi connectivity index (χ0n) is 21.5. The highest BCUT2D eigenvalue weighted by Crippen LogP contribution is 2.30. The molecule has 0 atom stereocenters. The Labute approximate surface area is 220 Å². The molecule has 2 heterocycles. The van der Waals surface area contributed by atoms with Crippen molar-refractivity contribution in [3.05, 3.63) is 68.3 Å². The average Bonchev–Trinajstić information content (AvgIpc) is 3.22. The minimum absolute atomic E-state index is 0.210. The minimum atomic E-state index is -1.19. The summed E-state index contributed by atoms with van der Waals surface area (Å²) >= 11 is 7.78. The number of hydrogen-bond acceptors (Lipinski definition) is 8. The maximum atomic E-state index is 12.2. The Kier molecular flexibility index (Phi) is 8.60. The topological polar surface area (TPSA) is 101 Å². The van der Waals surface area contributed by atoms with E-state index >= 15 is 0 Å². The molecule has 1 aromatic carbocycles. The number of anilines is 1. The number of thiazole rings is 1. The number of carbonyl (C=O) groups is 1. The number of allylic oxidation sites excluding steroid dienone is 1. The van der Waals surface area contributed by atoms with Crippen LogP contribution in [0.1, 0.15) is 55.3 Å². The largest absolute Gasteiger partial charge is 0.470 e. The third kappa shape index (κ3) is 6.54. The first-order valence-corrected chi connectivity index (χ1v) is 12.5. The molecule has 0 aliphatic rings. The number of halogens is 1. The summed E-state index contributed by atoms with van der Waals surface area (Å²) in [6.07, 6.45) is 2.38. The van der Waals surface area contributed by atoms with Crippen molar-refractivity contribution in [1.82, 2.24) is 15.0 Å². The Balaban J connectivity index is 1.97. The second kappa shape index (κ2) is 11.3. The van der Waals surface area contributed by atoms with E-state index in [0.717, 1.165) is 27.4 Å². The van der Waals surface area contributed by atoms with Gasteiger partial charge in [0.2, 0.25) is 12.3 Å². The van der Waals surface area contributed by atoms with Crippen LogP contribution in [0, 0.1) is 20.8 Å². The van der Waals surface area contributed by atoms with Crippen molar-refractivity contribution in [3.63, 3.8) is 0 Å². The van der Waals surface area contributed by atoms with E-state index in [-0.39, 0.29) is 12.5 Å². The minimum Gasteiger partial charge on any atom is -0.470 e. The van der Waals surface area contributed by atoms with Gasteiger partial charge >= 0.3 is 0 Å². The van der Waals surface area contributed by atoms with Gasteiger partial charge in [-0.1, -0.05) is 23.7 Å². The van der Waals surface area contributed by atoms with Crippen LogP contribution >= 0.6 is 22.9 Å².